The van der Waals surface area contributed by atoms with Crippen LogP contribution in [0.15, 0.2) is 67.3 Å². The Morgan fingerprint density at radius 2 is 1.66 bits per heavy atom. The van der Waals surface area contributed by atoms with Crippen molar-refractivity contribution in [2.75, 3.05) is 0 Å². The summed E-state index contributed by atoms with van der Waals surface area (Å²) in [7, 11) is 0. The fourth-order valence-electron chi connectivity index (χ4n) is 4.86. The Bertz CT molecular complexity index is 1120. The first kappa shape index (κ1) is 22.3. The lowest BCUT2D eigenvalue weighted by Gasteiger charge is -2.26. The third kappa shape index (κ3) is 5.49. The van der Waals surface area contributed by atoms with Gasteiger partial charge in [0.15, 0.2) is 0 Å². The third-order valence-corrected chi connectivity index (χ3v) is 6.92. The molecule has 1 heteroatoms. The third-order valence-electron chi connectivity index (χ3n) is 6.92. The Hall–Kier alpha value is -2.85. The predicted molar refractivity (Wildman–Crippen MR) is 134 cm³/mol. The molecule has 32 heavy (non-hydrogen) atoms. The quantitative estimate of drug-likeness (QED) is 0.276. The normalized spacial score (nSPS) is 18.2. The van der Waals surface area contributed by atoms with E-state index < -0.39 is 0 Å². The SMILES string of the molecule is C=CC1CCC(CCc2ccc(C#Cc3ccc4cc(CCC)ccc4c3F)cc2)CC1. The number of aryl methyl sites for hydroxylation is 2. The van der Waals surface area contributed by atoms with Crippen molar-refractivity contribution < 1.29 is 4.39 Å². The van der Waals surface area contributed by atoms with E-state index in [1.165, 1.54) is 43.2 Å². The maximum absolute atomic E-state index is 15.0. The van der Waals surface area contributed by atoms with Crippen molar-refractivity contribution in [1.29, 1.82) is 0 Å². The van der Waals surface area contributed by atoms with Crippen LogP contribution >= 0.6 is 0 Å². The molecule has 4 rings (SSSR count). The summed E-state index contributed by atoms with van der Waals surface area (Å²) in [5.41, 5.74) is 4.00. The standard InChI is InChI=1S/C31H33F/c1-3-5-27-17-21-30-29(22-27)20-19-28(31(30)32)18-16-26-14-12-25(13-15-26)11-10-24-8-6-23(4-2)7-9-24/h4,12-15,17,19-24H,2-3,5-11H2,1H3. The van der Waals surface area contributed by atoms with Crippen molar-refractivity contribution in [2.45, 2.75) is 58.3 Å². The van der Waals surface area contributed by atoms with Gasteiger partial charge in [-0.15, -0.1) is 6.58 Å². The van der Waals surface area contributed by atoms with E-state index in [0.29, 0.717) is 10.9 Å². The molecular formula is C31H33F. The fourth-order valence-corrected chi connectivity index (χ4v) is 4.86. The van der Waals surface area contributed by atoms with Crippen molar-refractivity contribution in [3.05, 3.63) is 95.3 Å². The Labute approximate surface area is 192 Å². The van der Waals surface area contributed by atoms with Crippen LogP contribution in [0.2, 0.25) is 0 Å². The topological polar surface area (TPSA) is 0 Å². The largest absolute Gasteiger partial charge is 0.205 e. The molecule has 1 fully saturated rings. The number of rotatable bonds is 6. The van der Waals surface area contributed by atoms with Crippen LogP contribution < -0.4 is 0 Å². The summed E-state index contributed by atoms with van der Waals surface area (Å²) < 4.78 is 15.0. The van der Waals surface area contributed by atoms with Crippen molar-refractivity contribution in [2.24, 2.45) is 11.8 Å². The molecule has 0 bridgehead atoms. The molecule has 164 valence electrons. The highest BCUT2D eigenvalue weighted by molar-refractivity contribution is 5.85. The molecule has 0 saturated heterocycles. The second-order valence-corrected chi connectivity index (χ2v) is 9.23. The van der Waals surface area contributed by atoms with Crippen LogP contribution in [0.3, 0.4) is 0 Å². The van der Waals surface area contributed by atoms with Gasteiger partial charge in [-0.05, 0) is 91.5 Å². The molecule has 0 N–H and O–H groups in total. The summed E-state index contributed by atoms with van der Waals surface area (Å²) in [5, 5.41) is 1.59. The summed E-state index contributed by atoms with van der Waals surface area (Å²) in [4.78, 5) is 0. The average Bonchev–Trinajstić information content (AvgIpc) is 2.83. The van der Waals surface area contributed by atoms with Gasteiger partial charge in [-0.25, -0.2) is 4.39 Å². The van der Waals surface area contributed by atoms with Crippen LogP contribution in [-0.2, 0) is 12.8 Å². The predicted octanol–water partition coefficient (Wildman–Crippen LogP) is 8.26. The monoisotopic (exact) mass is 424 g/mol. The highest BCUT2D eigenvalue weighted by Gasteiger charge is 2.18. The van der Waals surface area contributed by atoms with E-state index in [9.17, 15) is 4.39 Å². The lowest BCUT2D eigenvalue weighted by atomic mass is 9.79. The molecule has 0 aromatic heterocycles. The van der Waals surface area contributed by atoms with Gasteiger partial charge in [0, 0.05) is 10.9 Å². The molecule has 0 nitrogen and oxygen atoms in total. The maximum atomic E-state index is 15.0. The second-order valence-electron chi connectivity index (χ2n) is 9.23. The van der Waals surface area contributed by atoms with E-state index in [1.54, 1.807) is 6.07 Å². The molecule has 3 aromatic rings. The van der Waals surface area contributed by atoms with E-state index in [4.69, 9.17) is 0 Å². The molecule has 0 radical (unpaired) electrons. The first-order chi connectivity index (χ1) is 15.7. The number of benzene rings is 3. The van der Waals surface area contributed by atoms with Gasteiger partial charge in [0.2, 0.25) is 0 Å². The van der Waals surface area contributed by atoms with E-state index in [0.717, 1.165) is 42.0 Å². The highest BCUT2D eigenvalue weighted by Crippen LogP contribution is 2.32. The molecule has 0 spiro atoms. The molecule has 0 unspecified atom stereocenters. The molecule has 0 aliphatic heterocycles. The Balaban J connectivity index is 1.39. The van der Waals surface area contributed by atoms with Gasteiger partial charge in [0.1, 0.15) is 5.82 Å². The number of halogens is 1. The van der Waals surface area contributed by atoms with E-state index >= 15 is 0 Å². The van der Waals surface area contributed by atoms with Crippen LogP contribution in [0, 0.1) is 29.5 Å². The Morgan fingerprint density at radius 3 is 2.38 bits per heavy atom. The Morgan fingerprint density at radius 1 is 0.906 bits per heavy atom. The summed E-state index contributed by atoms with van der Waals surface area (Å²) in [5.74, 6) is 7.54. The van der Waals surface area contributed by atoms with Crippen LogP contribution in [0.4, 0.5) is 4.39 Å². The number of hydrogen-bond acceptors (Lipinski definition) is 0. The van der Waals surface area contributed by atoms with Crippen molar-refractivity contribution in [3.63, 3.8) is 0 Å². The van der Waals surface area contributed by atoms with Gasteiger partial charge in [0.05, 0.1) is 5.56 Å². The molecule has 0 heterocycles. The van der Waals surface area contributed by atoms with Crippen molar-refractivity contribution in [1.82, 2.24) is 0 Å². The lowest BCUT2D eigenvalue weighted by molar-refractivity contribution is 0.296. The summed E-state index contributed by atoms with van der Waals surface area (Å²) >= 11 is 0. The van der Waals surface area contributed by atoms with E-state index in [-0.39, 0.29) is 5.82 Å². The van der Waals surface area contributed by atoms with Gasteiger partial charge in [-0.3, -0.25) is 0 Å². The summed E-state index contributed by atoms with van der Waals surface area (Å²) in [6.45, 7) is 6.10. The molecule has 3 aromatic carbocycles. The minimum absolute atomic E-state index is 0.221. The molecule has 0 amide bonds. The lowest BCUT2D eigenvalue weighted by Crippen LogP contribution is -2.13. The summed E-state index contributed by atoms with van der Waals surface area (Å²) in [6.07, 6.45) is 11.9. The minimum Gasteiger partial charge on any atom is -0.205 e. The van der Waals surface area contributed by atoms with Crippen LogP contribution in [0.5, 0.6) is 0 Å². The minimum atomic E-state index is -0.221. The van der Waals surface area contributed by atoms with Crippen LogP contribution in [0.25, 0.3) is 10.8 Å². The van der Waals surface area contributed by atoms with Crippen LogP contribution in [0.1, 0.15) is 67.7 Å². The highest BCUT2D eigenvalue weighted by atomic mass is 19.1. The smallest absolute Gasteiger partial charge is 0.146 e. The summed E-state index contributed by atoms with van der Waals surface area (Å²) in [6, 6.07) is 18.2. The molecule has 0 atom stereocenters. The molecule has 1 aliphatic rings. The van der Waals surface area contributed by atoms with E-state index in [2.05, 4.69) is 61.8 Å². The average molecular weight is 425 g/mol. The van der Waals surface area contributed by atoms with Crippen molar-refractivity contribution in [3.8, 4) is 11.8 Å². The van der Waals surface area contributed by atoms with Crippen LogP contribution in [-0.4, -0.2) is 0 Å². The first-order valence-corrected chi connectivity index (χ1v) is 12.1. The zero-order valence-corrected chi connectivity index (χ0v) is 19.2. The van der Waals surface area contributed by atoms with Crippen molar-refractivity contribution >= 4 is 10.8 Å². The van der Waals surface area contributed by atoms with Gasteiger partial charge in [-0.1, -0.05) is 67.7 Å². The maximum Gasteiger partial charge on any atom is 0.146 e. The molecule has 1 saturated carbocycles. The van der Waals surface area contributed by atoms with Gasteiger partial charge in [0.25, 0.3) is 0 Å². The zero-order chi connectivity index (χ0) is 22.3. The van der Waals surface area contributed by atoms with E-state index in [1.807, 2.05) is 18.2 Å². The number of fused-ring (bicyclic) bond motifs is 1. The molecular weight excluding hydrogens is 391 g/mol. The van der Waals surface area contributed by atoms with Gasteiger partial charge >= 0.3 is 0 Å². The molecule has 1 aliphatic carbocycles. The fraction of sp³-hybridized carbons (Fsp3) is 0.355. The number of hydrogen-bond donors (Lipinski definition) is 0. The number of allylic oxidation sites excluding steroid dienone is 1. The zero-order valence-electron chi connectivity index (χ0n) is 19.2. The second kappa shape index (κ2) is 10.6. The van der Waals surface area contributed by atoms with Gasteiger partial charge in [-0.2, -0.15) is 0 Å². The van der Waals surface area contributed by atoms with Gasteiger partial charge < -0.3 is 0 Å². The first-order valence-electron chi connectivity index (χ1n) is 12.1. The Kier molecular flexibility index (Phi) is 7.43.